The first-order valence-corrected chi connectivity index (χ1v) is 11.3. The number of anilines is 2. The van der Waals surface area contributed by atoms with Crippen molar-refractivity contribution in [3.8, 4) is 0 Å². The van der Waals surface area contributed by atoms with Gasteiger partial charge in [0.25, 0.3) is 10.0 Å². The van der Waals surface area contributed by atoms with Crippen LogP contribution in [0.2, 0.25) is 0 Å². The summed E-state index contributed by atoms with van der Waals surface area (Å²) in [6.07, 6.45) is 7.01. The molecular formula is C21H23N5O3S. The van der Waals surface area contributed by atoms with E-state index in [0.29, 0.717) is 11.4 Å². The number of aryl methyl sites for hydroxylation is 2. The molecule has 2 aromatic carbocycles. The van der Waals surface area contributed by atoms with Crippen LogP contribution in [0.1, 0.15) is 36.9 Å². The van der Waals surface area contributed by atoms with Crippen LogP contribution in [-0.2, 0) is 27.7 Å². The number of carbonyl (C=O) groups excluding carboxylic acids is 1. The first-order chi connectivity index (χ1) is 14.4. The molecule has 1 unspecified atom stereocenters. The van der Waals surface area contributed by atoms with Gasteiger partial charge in [0, 0.05) is 11.4 Å². The third kappa shape index (κ3) is 4.35. The molecule has 3 aromatic rings. The van der Waals surface area contributed by atoms with Gasteiger partial charge in [-0.05, 0) is 80.1 Å². The van der Waals surface area contributed by atoms with E-state index in [0.717, 1.165) is 31.2 Å². The van der Waals surface area contributed by atoms with Crippen LogP contribution in [-0.4, -0.2) is 29.1 Å². The topological polar surface area (TPSA) is 106 Å². The highest BCUT2D eigenvalue weighted by Crippen LogP contribution is 2.25. The SMILES string of the molecule is CC(C(=O)Nc1ccc(NS(=O)(=O)c2ccc3c(c2)CCCC3)cc1)n1cncn1. The maximum atomic E-state index is 12.8. The molecule has 156 valence electrons. The molecule has 0 saturated heterocycles. The molecule has 0 spiro atoms. The number of amides is 1. The molecule has 1 atom stereocenters. The molecule has 8 nitrogen and oxygen atoms in total. The Balaban J connectivity index is 1.43. The van der Waals surface area contributed by atoms with E-state index in [1.807, 2.05) is 6.07 Å². The van der Waals surface area contributed by atoms with Crippen molar-refractivity contribution < 1.29 is 13.2 Å². The number of sulfonamides is 1. The number of nitrogens with zero attached hydrogens (tertiary/aromatic N) is 3. The highest BCUT2D eigenvalue weighted by molar-refractivity contribution is 7.92. The molecule has 30 heavy (non-hydrogen) atoms. The van der Waals surface area contributed by atoms with Crippen molar-refractivity contribution >= 4 is 27.3 Å². The van der Waals surface area contributed by atoms with Crippen molar-refractivity contribution in [2.45, 2.75) is 43.5 Å². The summed E-state index contributed by atoms with van der Waals surface area (Å²) in [6.45, 7) is 1.71. The van der Waals surface area contributed by atoms with Crippen LogP contribution in [0.3, 0.4) is 0 Å². The van der Waals surface area contributed by atoms with Crippen molar-refractivity contribution in [2.24, 2.45) is 0 Å². The summed E-state index contributed by atoms with van der Waals surface area (Å²) in [4.78, 5) is 16.4. The molecule has 1 aliphatic rings. The van der Waals surface area contributed by atoms with Crippen molar-refractivity contribution in [3.05, 3.63) is 66.2 Å². The Kier molecular flexibility index (Phi) is 5.54. The molecule has 1 aromatic heterocycles. The van der Waals surface area contributed by atoms with Crippen LogP contribution in [0.4, 0.5) is 11.4 Å². The van der Waals surface area contributed by atoms with E-state index in [4.69, 9.17) is 0 Å². The van der Waals surface area contributed by atoms with Gasteiger partial charge in [-0.1, -0.05) is 6.07 Å². The maximum Gasteiger partial charge on any atom is 0.261 e. The fourth-order valence-corrected chi connectivity index (χ4v) is 4.61. The fourth-order valence-electron chi connectivity index (χ4n) is 3.50. The Labute approximate surface area is 175 Å². The molecule has 2 N–H and O–H groups in total. The zero-order chi connectivity index (χ0) is 21.1. The number of aromatic nitrogens is 3. The average molecular weight is 426 g/mol. The summed E-state index contributed by atoms with van der Waals surface area (Å²) in [6, 6.07) is 11.4. The van der Waals surface area contributed by atoms with Gasteiger partial charge in [0.1, 0.15) is 18.7 Å². The normalized spacial score (nSPS) is 14.6. The van der Waals surface area contributed by atoms with E-state index in [1.165, 1.54) is 22.9 Å². The van der Waals surface area contributed by atoms with Gasteiger partial charge in [-0.25, -0.2) is 18.1 Å². The molecule has 0 aliphatic heterocycles. The van der Waals surface area contributed by atoms with Crippen LogP contribution in [0.5, 0.6) is 0 Å². The third-order valence-electron chi connectivity index (χ3n) is 5.25. The summed E-state index contributed by atoms with van der Waals surface area (Å²) in [5.74, 6) is -0.247. The predicted molar refractivity (Wildman–Crippen MR) is 114 cm³/mol. The second-order valence-electron chi connectivity index (χ2n) is 7.36. The lowest BCUT2D eigenvalue weighted by atomic mass is 9.92. The molecule has 1 heterocycles. The average Bonchev–Trinajstić information content (AvgIpc) is 3.29. The molecule has 0 saturated carbocycles. The van der Waals surface area contributed by atoms with E-state index < -0.39 is 16.1 Å². The minimum absolute atomic E-state index is 0.247. The number of hydrogen-bond acceptors (Lipinski definition) is 5. The second-order valence-corrected chi connectivity index (χ2v) is 9.04. The highest BCUT2D eigenvalue weighted by Gasteiger charge is 2.19. The lowest BCUT2D eigenvalue weighted by Crippen LogP contribution is -2.24. The molecule has 1 amide bonds. The van der Waals surface area contributed by atoms with Gasteiger partial charge in [-0.2, -0.15) is 5.10 Å². The first kappa shape index (κ1) is 20.1. The Hall–Kier alpha value is -3.20. The van der Waals surface area contributed by atoms with Crippen molar-refractivity contribution in [2.75, 3.05) is 10.0 Å². The highest BCUT2D eigenvalue weighted by atomic mass is 32.2. The number of nitrogens with one attached hydrogen (secondary N) is 2. The summed E-state index contributed by atoms with van der Waals surface area (Å²) < 4.78 is 29.6. The molecule has 9 heteroatoms. The Bertz CT molecular complexity index is 1140. The standard InChI is InChI=1S/C21H23N5O3S/c1-15(26-14-22-13-23-26)21(27)24-18-7-9-19(10-8-18)25-30(28,29)20-11-6-16-4-2-3-5-17(16)12-20/h6-15,25H,2-5H2,1H3,(H,24,27). The maximum absolute atomic E-state index is 12.8. The van der Waals surface area contributed by atoms with Crippen molar-refractivity contribution in [1.82, 2.24) is 14.8 Å². The Morgan fingerprint density at radius 2 is 1.73 bits per heavy atom. The molecule has 0 bridgehead atoms. The molecule has 0 radical (unpaired) electrons. The van der Waals surface area contributed by atoms with E-state index in [9.17, 15) is 13.2 Å². The van der Waals surface area contributed by atoms with E-state index >= 15 is 0 Å². The van der Waals surface area contributed by atoms with Gasteiger partial charge < -0.3 is 5.32 Å². The zero-order valence-corrected chi connectivity index (χ0v) is 17.4. The quantitative estimate of drug-likeness (QED) is 0.631. The third-order valence-corrected chi connectivity index (χ3v) is 6.63. The van der Waals surface area contributed by atoms with Gasteiger partial charge in [0.2, 0.25) is 5.91 Å². The zero-order valence-electron chi connectivity index (χ0n) is 16.6. The predicted octanol–water partition coefficient (Wildman–Crippen LogP) is 3.16. The first-order valence-electron chi connectivity index (χ1n) is 9.82. The van der Waals surface area contributed by atoms with Crippen molar-refractivity contribution in [3.63, 3.8) is 0 Å². The fraction of sp³-hybridized carbons (Fsp3) is 0.286. The minimum Gasteiger partial charge on any atom is -0.324 e. The number of carbonyl (C=O) groups is 1. The summed E-state index contributed by atoms with van der Waals surface area (Å²) in [7, 11) is -3.68. The van der Waals surface area contributed by atoms with Crippen LogP contribution in [0, 0.1) is 0 Å². The molecule has 1 aliphatic carbocycles. The molecular weight excluding hydrogens is 402 g/mol. The lowest BCUT2D eigenvalue weighted by Gasteiger charge is -2.17. The summed E-state index contributed by atoms with van der Waals surface area (Å²) in [5, 5.41) is 6.74. The number of fused-ring (bicyclic) bond motifs is 1. The number of rotatable bonds is 6. The molecule has 0 fully saturated rings. The summed E-state index contributed by atoms with van der Waals surface area (Å²) in [5.41, 5.74) is 3.34. The van der Waals surface area contributed by atoms with Crippen LogP contribution in [0.25, 0.3) is 0 Å². The van der Waals surface area contributed by atoms with Gasteiger partial charge in [-0.3, -0.25) is 9.52 Å². The van der Waals surface area contributed by atoms with Gasteiger partial charge >= 0.3 is 0 Å². The number of benzene rings is 2. The smallest absolute Gasteiger partial charge is 0.261 e. The van der Waals surface area contributed by atoms with Crippen LogP contribution >= 0.6 is 0 Å². The molecule has 4 rings (SSSR count). The van der Waals surface area contributed by atoms with E-state index in [-0.39, 0.29) is 10.8 Å². The van der Waals surface area contributed by atoms with Gasteiger partial charge in [0.15, 0.2) is 0 Å². The number of hydrogen-bond donors (Lipinski definition) is 2. The van der Waals surface area contributed by atoms with Crippen LogP contribution in [0.15, 0.2) is 60.0 Å². The van der Waals surface area contributed by atoms with E-state index in [1.54, 1.807) is 43.3 Å². The second kappa shape index (κ2) is 8.27. The van der Waals surface area contributed by atoms with Gasteiger partial charge in [-0.15, -0.1) is 0 Å². The van der Waals surface area contributed by atoms with E-state index in [2.05, 4.69) is 20.1 Å². The van der Waals surface area contributed by atoms with Crippen molar-refractivity contribution in [1.29, 1.82) is 0 Å². The minimum atomic E-state index is -3.68. The largest absolute Gasteiger partial charge is 0.324 e. The monoisotopic (exact) mass is 425 g/mol. The lowest BCUT2D eigenvalue weighted by molar-refractivity contribution is -0.119. The summed E-state index contributed by atoms with van der Waals surface area (Å²) >= 11 is 0. The van der Waals surface area contributed by atoms with Crippen LogP contribution < -0.4 is 10.0 Å². The van der Waals surface area contributed by atoms with Gasteiger partial charge in [0.05, 0.1) is 4.90 Å². The Morgan fingerprint density at radius 1 is 1.03 bits per heavy atom. The Morgan fingerprint density at radius 3 is 2.43 bits per heavy atom.